The highest BCUT2D eigenvalue weighted by Gasteiger charge is 2.16. The molecule has 0 fully saturated rings. The van der Waals surface area contributed by atoms with Crippen molar-refractivity contribution in [3.63, 3.8) is 0 Å². The van der Waals surface area contributed by atoms with Crippen LogP contribution in [0.2, 0.25) is 0 Å². The highest BCUT2D eigenvalue weighted by molar-refractivity contribution is 8.00. The molecular formula is C12H17NO3S. The molecule has 0 radical (unpaired) electrons. The van der Waals surface area contributed by atoms with E-state index in [1.807, 2.05) is 6.92 Å². The minimum Gasteiger partial charge on any atom is -0.465 e. The number of hydrogen-bond donors (Lipinski definition) is 2. The second-order valence-corrected chi connectivity index (χ2v) is 5.10. The number of hydrogen-bond acceptors (Lipinski definition) is 5. The highest BCUT2D eigenvalue weighted by atomic mass is 32.2. The van der Waals surface area contributed by atoms with E-state index in [1.54, 1.807) is 18.2 Å². The Morgan fingerprint density at radius 3 is 2.88 bits per heavy atom. The van der Waals surface area contributed by atoms with Gasteiger partial charge in [-0.25, -0.2) is 4.79 Å². The van der Waals surface area contributed by atoms with Gasteiger partial charge < -0.3 is 15.6 Å². The van der Waals surface area contributed by atoms with Gasteiger partial charge in [-0.1, -0.05) is 13.0 Å². The van der Waals surface area contributed by atoms with Crippen molar-refractivity contribution in [1.29, 1.82) is 0 Å². The van der Waals surface area contributed by atoms with E-state index in [1.165, 1.54) is 18.9 Å². The lowest BCUT2D eigenvalue weighted by Crippen LogP contribution is -2.07. The summed E-state index contributed by atoms with van der Waals surface area (Å²) in [6.07, 6.45) is 0.652. The van der Waals surface area contributed by atoms with Crippen molar-refractivity contribution in [2.24, 2.45) is 0 Å². The molecule has 0 aliphatic heterocycles. The standard InChI is InChI=1S/C12H17NO3S/c1-8(6-7-14)17-11-9(12(15)16-2)4-3-5-10(11)13/h3-5,8,14H,6-7,13H2,1-2H3. The smallest absolute Gasteiger partial charge is 0.339 e. The molecule has 17 heavy (non-hydrogen) atoms. The molecule has 1 aromatic rings. The second-order valence-electron chi connectivity index (χ2n) is 3.66. The van der Waals surface area contributed by atoms with E-state index in [2.05, 4.69) is 0 Å². The molecule has 0 saturated carbocycles. The maximum absolute atomic E-state index is 11.6. The van der Waals surface area contributed by atoms with Crippen LogP contribution in [-0.4, -0.2) is 30.0 Å². The van der Waals surface area contributed by atoms with E-state index in [4.69, 9.17) is 15.6 Å². The van der Waals surface area contributed by atoms with Crippen molar-refractivity contribution < 1.29 is 14.6 Å². The number of nitrogens with two attached hydrogens (primary N) is 1. The van der Waals surface area contributed by atoms with Crippen molar-refractivity contribution in [1.82, 2.24) is 0 Å². The third kappa shape index (κ3) is 3.64. The van der Waals surface area contributed by atoms with Crippen LogP contribution in [0.4, 0.5) is 5.69 Å². The molecule has 0 spiro atoms. The predicted octanol–water partition coefficient (Wildman–Crippen LogP) is 1.92. The molecule has 1 unspecified atom stereocenters. The van der Waals surface area contributed by atoms with Gasteiger partial charge in [0.1, 0.15) is 0 Å². The third-order valence-electron chi connectivity index (χ3n) is 2.31. The first kappa shape index (κ1) is 13.9. The zero-order valence-corrected chi connectivity index (χ0v) is 10.8. The molecule has 0 aliphatic carbocycles. The fourth-order valence-electron chi connectivity index (χ4n) is 1.40. The van der Waals surface area contributed by atoms with Gasteiger partial charge in [-0.15, -0.1) is 11.8 Å². The number of anilines is 1. The topological polar surface area (TPSA) is 72.5 Å². The molecule has 0 bridgehead atoms. The van der Waals surface area contributed by atoms with Crippen molar-refractivity contribution in [2.45, 2.75) is 23.5 Å². The lowest BCUT2D eigenvalue weighted by molar-refractivity contribution is 0.0597. The number of benzene rings is 1. The van der Waals surface area contributed by atoms with Crippen molar-refractivity contribution in [2.75, 3.05) is 19.5 Å². The summed E-state index contributed by atoms with van der Waals surface area (Å²) >= 11 is 1.48. The molecule has 0 amide bonds. The first-order valence-corrected chi connectivity index (χ1v) is 6.22. The van der Waals surface area contributed by atoms with Gasteiger partial charge >= 0.3 is 5.97 Å². The van der Waals surface area contributed by atoms with Gasteiger partial charge in [0.05, 0.1) is 12.7 Å². The van der Waals surface area contributed by atoms with Crippen LogP contribution in [0.5, 0.6) is 0 Å². The van der Waals surface area contributed by atoms with E-state index in [0.717, 1.165) is 4.90 Å². The summed E-state index contributed by atoms with van der Waals surface area (Å²) in [6, 6.07) is 5.17. The number of aliphatic hydroxyl groups is 1. The Labute approximate surface area is 105 Å². The molecule has 3 N–H and O–H groups in total. The summed E-state index contributed by atoms with van der Waals surface area (Å²) in [7, 11) is 1.34. The van der Waals surface area contributed by atoms with Gasteiger partial charge in [0, 0.05) is 22.4 Å². The van der Waals surface area contributed by atoms with Crippen LogP contribution < -0.4 is 5.73 Å². The van der Waals surface area contributed by atoms with Crippen LogP contribution in [0.3, 0.4) is 0 Å². The van der Waals surface area contributed by atoms with E-state index in [9.17, 15) is 4.79 Å². The fraction of sp³-hybridized carbons (Fsp3) is 0.417. The number of aliphatic hydroxyl groups excluding tert-OH is 1. The number of ether oxygens (including phenoxy) is 1. The number of thioether (sulfide) groups is 1. The molecule has 0 saturated heterocycles. The Morgan fingerprint density at radius 1 is 1.59 bits per heavy atom. The van der Waals surface area contributed by atoms with Gasteiger partial charge in [-0.2, -0.15) is 0 Å². The molecular weight excluding hydrogens is 238 g/mol. The lowest BCUT2D eigenvalue weighted by Gasteiger charge is -2.14. The van der Waals surface area contributed by atoms with Crippen LogP contribution >= 0.6 is 11.8 Å². The second kappa shape index (κ2) is 6.51. The van der Waals surface area contributed by atoms with Crippen LogP contribution in [0.15, 0.2) is 23.1 Å². The Morgan fingerprint density at radius 2 is 2.29 bits per heavy atom. The van der Waals surface area contributed by atoms with Crippen molar-refractivity contribution in [3.8, 4) is 0 Å². The van der Waals surface area contributed by atoms with E-state index < -0.39 is 5.97 Å². The van der Waals surface area contributed by atoms with Gasteiger partial charge in [0.2, 0.25) is 0 Å². The molecule has 0 heterocycles. The van der Waals surface area contributed by atoms with Crippen LogP contribution in [0.25, 0.3) is 0 Å². The lowest BCUT2D eigenvalue weighted by atomic mass is 10.2. The fourth-order valence-corrected chi connectivity index (χ4v) is 2.51. The van der Waals surface area contributed by atoms with E-state index in [0.29, 0.717) is 17.7 Å². The minimum atomic E-state index is -0.393. The molecule has 1 atom stereocenters. The molecule has 0 aromatic heterocycles. The highest BCUT2D eigenvalue weighted by Crippen LogP contribution is 2.33. The van der Waals surface area contributed by atoms with E-state index >= 15 is 0 Å². The number of carbonyl (C=O) groups is 1. The zero-order valence-electron chi connectivity index (χ0n) is 9.97. The van der Waals surface area contributed by atoms with Crippen molar-refractivity contribution in [3.05, 3.63) is 23.8 Å². The Kier molecular flexibility index (Phi) is 5.31. The molecule has 5 heteroatoms. The molecule has 4 nitrogen and oxygen atoms in total. The zero-order chi connectivity index (χ0) is 12.8. The third-order valence-corrected chi connectivity index (χ3v) is 3.63. The Bertz CT molecular complexity index is 395. The molecule has 0 aliphatic rings. The monoisotopic (exact) mass is 255 g/mol. The predicted molar refractivity (Wildman–Crippen MR) is 69.2 cm³/mol. The summed E-state index contributed by atoms with van der Waals surface area (Å²) in [6.45, 7) is 2.10. The normalized spacial score (nSPS) is 12.2. The Hall–Kier alpha value is -1.20. The number of nitrogen functional groups attached to an aromatic ring is 1. The molecule has 94 valence electrons. The largest absolute Gasteiger partial charge is 0.465 e. The summed E-state index contributed by atoms with van der Waals surface area (Å²) in [5, 5.41) is 9.06. The van der Waals surface area contributed by atoms with Gasteiger partial charge in [-0.3, -0.25) is 0 Å². The minimum absolute atomic E-state index is 0.120. The first-order valence-electron chi connectivity index (χ1n) is 5.34. The maximum atomic E-state index is 11.6. The van der Waals surface area contributed by atoms with Crippen molar-refractivity contribution >= 4 is 23.4 Å². The van der Waals surface area contributed by atoms with Crippen LogP contribution in [-0.2, 0) is 4.74 Å². The van der Waals surface area contributed by atoms with E-state index in [-0.39, 0.29) is 11.9 Å². The number of rotatable bonds is 5. The Balaban J connectivity index is 2.99. The molecule has 1 aromatic carbocycles. The summed E-state index contributed by atoms with van der Waals surface area (Å²) < 4.78 is 4.72. The van der Waals surface area contributed by atoms with Crippen LogP contribution in [0, 0.1) is 0 Å². The number of methoxy groups -OCH3 is 1. The number of carbonyl (C=O) groups excluding carboxylic acids is 1. The van der Waals surface area contributed by atoms with Crippen LogP contribution in [0.1, 0.15) is 23.7 Å². The number of esters is 1. The average molecular weight is 255 g/mol. The first-order chi connectivity index (χ1) is 8.10. The summed E-state index contributed by atoms with van der Waals surface area (Å²) in [5.74, 6) is -0.393. The van der Waals surface area contributed by atoms with Gasteiger partial charge in [0.25, 0.3) is 0 Å². The summed E-state index contributed by atoms with van der Waals surface area (Å²) in [5.41, 5.74) is 6.90. The van der Waals surface area contributed by atoms with Gasteiger partial charge in [-0.05, 0) is 18.6 Å². The van der Waals surface area contributed by atoms with Gasteiger partial charge in [0.15, 0.2) is 0 Å². The maximum Gasteiger partial charge on any atom is 0.339 e. The SMILES string of the molecule is COC(=O)c1cccc(N)c1SC(C)CCO. The summed E-state index contributed by atoms with van der Waals surface area (Å²) in [4.78, 5) is 12.3. The molecule has 1 rings (SSSR count). The average Bonchev–Trinajstić information content (AvgIpc) is 2.31. The quantitative estimate of drug-likeness (QED) is 0.478.